The maximum Gasteiger partial charge on any atom is 0.237 e. The van der Waals surface area contributed by atoms with E-state index in [0.29, 0.717) is 5.92 Å². The predicted molar refractivity (Wildman–Crippen MR) is 59.9 cm³/mol. The first-order chi connectivity index (χ1) is 6.40. The van der Waals surface area contributed by atoms with E-state index in [1.807, 2.05) is 20.8 Å². The van der Waals surface area contributed by atoms with Gasteiger partial charge in [0.05, 0.1) is 6.04 Å². The maximum absolute atomic E-state index is 11.6. The van der Waals surface area contributed by atoms with Crippen molar-refractivity contribution in [2.45, 2.75) is 53.1 Å². The van der Waals surface area contributed by atoms with Gasteiger partial charge in [0, 0.05) is 6.04 Å². The molecule has 3 heteroatoms. The number of rotatable bonds is 5. The number of nitrogens with one attached hydrogen (secondary N) is 1. The van der Waals surface area contributed by atoms with E-state index in [4.69, 9.17) is 5.73 Å². The highest BCUT2D eigenvalue weighted by Crippen LogP contribution is 2.07. The molecular formula is C11H24N2O. The zero-order chi connectivity index (χ0) is 11.3. The summed E-state index contributed by atoms with van der Waals surface area (Å²) >= 11 is 0. The molecule has 0 aromatic carbocycles. The van der Waals surface area contributed by atoms with E-state index in [0.717, 1.165) is 6.42 Å². The van der Waals surface area contributed by atoms with Crippen molar-refractivity contribution in [3.05, 3.63) is 0 Å². The molecule has 0 rings (SSSR count). The lowest BCUT2D eigenvalue weighted by Gasteiger charge is -2.23. The van der Waals surface area contributed by atoms with E-state index in [-0.39, 0.29) is 23.9 Å². The van der Waals surface area contributed by atoms with E-state index in [1.165, 1.54) is 0 Å². The fourth-order valence-electron chi connectivity index (χ4n) is 1.12. The van der Waals surface area contributed by atoms with Crippen molar-refractivity contribution >= 4 is 5.91 Å². The zero-order valence-electron chi connectivity index (χ0n) is 10.0. The largest absolute Gasteiger partial charge is 0.352 e. The summed E-state index contributed by atoms with van der Waals surface area (Å²) in [4.78, 5) is 11.6. The van der Waals surface area contributed by atoms with Gasteiger partial charge in [-0.25, -0.2) is 0 Å². The second-order valence-electron chi connectivity index (χ2n) is 4.45. The molecule has 0 aliphatic heterocycles. The van der Waals surface area contributed by atoms with Gasteiger partial charge in [0.25, 0.3) is 0 Å². The van der Waals surface area contributed by atoms with Crippen LogP contribution in [0.25, 0.3) is 0 Å². The van der Waals surface area contributed by atoms with Crippen molar-refractivity contribution in [2.24, 2.45) is 17.6 Å². The van der Waals surface area contributed by atoms with Gasteiger partial charge >= 0.3 is 0 Å². The molecule has 0 fully saturated rings. The Morgan fingerprint density at radius 1 is 1.29 bits per heavy atom. The number of carbonyl (C=O) groups is 1. The van der Waals surface area contributed by atoms with E-state index in [2.05, 4.69) is 19.2 Å². The van der Waals surface area contributed by atoms with Crippen molar-refractivity contribution in [1.29, 1.82) is 0 Å². The van der Waals surface area contributed by atoms with Crippen LogP contribution in [0.3, 0.4) is 0 Å². The van der Waals surface area contributed by atoms with E-state index < -0.39 is 0 Å². The third-order valence-electron chi connectivity index (χ3n) is 2.89. The standard InChI is InChI=1S/C11H24N2O/c1-6-8(4)9(5)13-11(14)10(12)7(2)3/h7-10H,6,12H2,1-5H3,(H,13,14). The fraction of sp³-hybridized carbons (Fsp3) is 0.909. The third-order valence-corrected chi connectivity index (χ3v) is 2.89. The summed E-state index contributed by atoms with van der Waals surface area (Å²) in [6.45, 7) is 10.2. The highest BCUT2D eigenvalue weighted by molar-refractivity contribution is 5.81. The fourth-order valence-corrected chi connectivity index (χ4v) is 1.12. The van der Waals surface area contributed by atoms with Gasteiger partial charge < -0.3 is 11.1 Å². The number of carbonyl (C=O) groups excluding carboxylic acids is 1. The van der Waals surface area contributed by atoms with Crippen LogP contribution in [0, 0.1) is 11.8 Å². The van der Waals surface area contributed by atoms with Crippen LogP contribution in [-0.4, -0.2) is 18.0 Å². The Hall–Kier alpha value is -0.570. The van der Waals surface area contributed by atoms with Gasteiger partial charge in [-0.3, -0.25) is 4.79 Å². The molecule has 0 aliphatic rings. The summed E-state index contributed by atoms with van der Waals surface area (Å²) in [6.07, 6.45) is 1.07. The zero-order valence-corrected chi connectivity index (χ0v) is 10.0. The molecule has 3 nitrogen and oxygen atoms in total. The van der Waals surface area contributed by atoms with Gasteiger partial charge in [-0.2, -0.15) is 0 Å². The molecule has 3 unspecified atom stereocenters. The Morgan fingerprint density at radius 2 is 1.79 bits per heavy atom. The second-order valence-corrected chi connectivity index (χ2v) is 4.45. The molecule has 3 N–H and O–H groups in total. The average molecular weight is 200 g/mol. The van der Waals surface area contributed by atoms with Crippen LogP contribution in [0.15, 0.2) is 0 Å². The Labute approximate surface area is 87.4 Å². The highest BCUT2D eigenvalue weighted by Gasteiger charge is 2.20. The molecule has 0 aromatic rings. The molecule has 0 aliphatic carbocycles. The first-order valence-corrected chi connectivity index (χ1v) is 5.46. The van der Waals surface area contributed by atoms with Crippen LogP contribution in [0.1, 0.15) is 41.0 Å². The number of amides is 1. The lowest BCUT2D eigenvalue weighted by Crippen LogP contribution is -2.48. The van der Waals surface area contributed by atoms with E-state index >= 15 is 0 Å². The number of nitrogens with two attached hydrogens (primary N) is 1. The molecule has 0 saturated heterocycles. The van der Waals surface area contributed by atoms with Gasteiger partial charge in [-0.15, -0.1) is 0 Å². The van der Waals surface area contributed by atoms with Crippen molar-refractivity contribution in [3.8, 4) is 0 Å². The highest BCUT2D eigenvalue weighted by atomic mass is 16.2. The number of hydrogen-bond acceptors (Lipinski definition) is 2. The topological polar surface area (TPSA) is 55.1 Å². The molecule has 84 valence electrons. The van der Waals surface area contributed by atoms with Gasteiger partial charge in [-0.1, -0.05) is 34.1 Å². The molecule has 1 amide bonds. The quantitative estimate of drug-likeness (QED) is 0.707. The molecular weight excluding hydrogens is 176 g/mol. The van der Waals surface area contributed by atoms with Crippen molar-refractivity contribution in [3.63, 3.8) is 0 Å². The summed E-state index contributed by atoms with van der Waals surface area (Å²) in [5.74, 6) is 0.658. The smallest absolute Gasteiger partial charge is 0.237 e. The third kappa shape index (κ3) is 4.09. The van der Waals surface area contributed by atoms with Crippen LogP contribution < -0.4 is 11.1 Å². The van der Waals surface area contributed by atoms with Gasteiger partial charge in [0.2, 0.25) is 5.91 Å². The lowest BCUT2D eigenvalue weighted by molar-refractivity contribution is -0.124. The van der Waals surface area contributed by atoms with Gasteiger partial charge in [0.1, 0.15) is 0 Å². The summed E-state index contributed by atoms with van der Waals surface area (Å²) in [6, 6.07) is -0.182. The van der Waals surface area contributed by atoms with Gasteiger partial charge in [0.15, 0.2) is 0 Å². The van der Waals surface area contributed by atoms with Crippen LogP contribution in [0.2, 0.25) is 0 Å². The van der Waals surface area contributed by atoms with E-state index in [9.17, 15) is 4.79 Å². The first-order valence-electron chi connectivity index (χ1n) is 5.46. The molecule has 0 bridgehead atoms. The van der Waals surface area contributed by atoms with Crippen LogP contribution in [0.4, 0.5) is 0 Å². The van der Waals surface area contributed by atoms with Crippen LogP contribution >= 0.6 is 0 Å². The Balaban J connectivity index is 4.05. The molecule has 3 atom stereocenters. The number of hydrogen-bond donors (Lipinski definition) is 2. The molecule has 0 spiro atoms. The molecule has 0 saturated carbocycles. The minimum absolute atomic E-state index is 0.0344. The molecule has 0 heterocycles. The Morgan fingerprint density at radius 3 is 2.14 bits per heavy atom. The van der Waals surface area contributed by atoms with Crippen molar-refractivity contribution in [2.75, 3.05) is 0 Å². The lowest BCUT2D eigenvalue weighted by atomic mass is 9.99. The minimum atomic E-state index is -0.387. The van der Waals surface area contributed by atoms with Crippen molar-refractivity contribution < 1.29 is 4.79 Å². The molecule has 0 aromatic heterocycles. The predicted octanol–water partition coefficient (Wildman–Crippen LogP) is 1.52. The van der Waals surface area contributed by atoms with Gasteiger partial charge in [-0.05, 0) is 18.8 Å². The normalized spacial score (nSPS) is 17.6. The van der Waals surface area contributed by atoms with Crippen molar-refractivity contribution in [1.82, 2.24) is 5.32 Å². The second kappa shape index (κ2) is 6.02. The van der Waals surface area contributed by atoms with Crippen LogP contribution in [0.5, 0.6) is 0 Å². The average Bonchev–Trinajstić information content (AvgIpc) is 2.14. The summed E-state index contributed by atoms with van der Waals surface area (Å²) in [5, 5.41) is 2.95. The SMILES string of the molecule is CCC(C)C(C)NC(=O)C(N)C(C)C. The first kappa shape index (κ1) is 13.4. The summed E-state index contributed by atoms with van der Waals surface area (Å²) < 4.78 is 0. The Kier molecular flexibility index (Phi) is 5.77. The minimum Gasteiger partial charge on any atom is -0.352 e. The van der Waals surface area contributed by atoms with Crippen LogP contribution in [-0.2, 0) is 4.79 Å². The molecule has 0 radical (unpaired) electrons. The monoisotopic (exact) mass is 200 g/mol. The van der Waals surface area contributed by atoms with E-state index in [1.54, 1.807) is 0 Å². The Bertz CT molecular complexity index is 180. The summed E-state index contributed by atoms with van der Waals surface area (Å²) in [5.41, 5.74) is 5.74. The summed E-state index contributed by atoms with van der Waals surface area (Å²) in [7, 11) is 0. The molecule has 14 heavy (non-hydrogen) atoms. The maximum atomic E-state index is 11.6.